The third-order valence-electron chi connectivity index (χ3n) is 3.45. The highest BCUT2D eigenvalue weighted by molar-refractivity contribution is 5.01. The summed E-state index contributed by atoms with van der Waals surface area (Å²) in [5.41, 5.74) is 5.78. The van der Waals surface area contributed by atoms with Crippen molar-refractivity contribution in [3.05, 3.63) is 0 Å². The van der Waals surface area contributed by atoms with Crippen LogP contribution in [0.25, 0.3) is 0 Å². The van der Waals surface area contributed by atoms with Gasteiger partial charge in [-0.2, -0.15) is 0 Å². The second-order valence-corrected chi connectivity index (χ2v) is 4.62. The molecule has 0 radical (unpaired) electrons. The van der Waals surface area contributed by atoms with E-state index < -0.39 is 0 Å². The lowest BCUT2D eigenvalue weighted by Crippen LogP contribution is -2.59. The lowest BCUT2D eigenvalue weighted by molar-refractivity contribution is -0.0987. The van der Waals surface area contributed by atoms with Crippen molar-refractivity contribution in [2.75, 3.05) is 19.7 Å². The summed E-state index contributed by atoms with van der Waals surface area (Å²) in [4.78, 5) is 0. The average Bonchev–Trinajstić information content (AvgIpc) is 2.27. The van der Waals surface area contributed by atoms with Crippen molar-refractivity contribution in [3.63, 3.8) is 0 Å². The lowest BCUT2D eigenvalue weighted by Gasteiger charge is -2.46. The predicted molar refractivity (Wildman–Crippen MR) is 62.5 cm³/mol. The quantitative estimate of drug-likeness (QED) is 0.677. The van der Waals surface area contributed by atoms with Gasteiger partial charge in [0.25, 0.3) is 0 Å². The fourth-order valence-corrected chi connectivity index (χ4v) is 2.21. The van der Waals surface area contributed by atoms with Crippen LogP contribution in [0.3, 0.4) is 0 Å². The molecule has 0 saturated carbocycles. The van der Waals surface area contributed by atoms with E-state index in [0.717, 1.165) is 25.9 Å². The van der Waals surface area contributed by atoms with Gasteiger partial charge >= 0.3 is 0 Å². The average molecular weight is 210 g/mol. The zero-order valence-electron chi connectivity index (χ0n) is 9.81. The van der Waals surface area contributed by atoms with Gasteiger partial charge in [-0.15, -0.1) is 6.42 Å². The van der Waals surface area contributed by atoms with Gasteiger partial charge in [0.05, 0.1) is 12.1 Å². The van der Waals surface area contributed by atoms with Crippen LogP contribution >= 0.6 is 0 Å². The van der Waals surface area contributed by atoms with Crippen molar-refractivity contribution in [3.8, 4) is 12.3 Å². The molecule has 1 saturated heterocycles. The monoisotopic (exact) mass is 210 g/mol. The van der Waals surface area contributed by atoms with Crippen molar-refractivity contribution in [1.29, 1.82) is 0 Å². The summed E-state index contributed by atoms with van der Waals surface area (Å²) in [6, 6.07) is 0. The molecule has 1 aliphatic heterocycles. The summed E-state index contributed by atoms with van der Waals surface area (Å²) in [6.07, 6.45) is 8.17. The maximum Gasteiger partial charge on any atom is 0.0670 e. The van der Waals surface area contributed by atoms with E-state index in [1.54, 1.807) is 0 Å². The first-order valence-corrected chi connectivity index (χ1v) is 5.62. The molecule has 0 aromatic heterocycles. The van der Waals surface area contributed by atoms with Crippen LogP contribution < -0.4 is 11.1 Å². The van der Waals surface area contributed by atoms with Gasteiger partial charge in [0.2, 0.25) is 0 Å². The van der Waals surface area contributed by atoms with Crippen LogP contribution in [0, 0.1) is 12.3 Å². The molecule has 0 aromatic rings. The summed E-state index contributed by atoms with van der Waals surface area (Å²) in [5, 5.41) is 3.38. The van der Waals surface area contributed by atoms with Crippen LogP contribution in [0.2, 0.25) is 0 Å². The first-order chi connectivity index (χ1) is 7.10. The Morgan fingerprint density at radius 1 is 1.60 bits per heavy atom. The van der Waals surface area contributed by atoms with Gasteiger partial charge in [-0.05, 0) is 26.2 Å². The highest BCUT2D eigenvalue weighted by Gasteiger charge is 2.40. The van der Waals surface area contributed by atoms with Gasteiger partial charge in [-0.25, -0.2) is 0 Å². The molecule has 0 aliphatic carbocycles. The van der Waals surface area contributed by atoms with Crippen molar-refractivity contribution < 1.29 is 4.74 Å². The van der Waals surface area contributed by atoms with E-state index in [0.29, 0.717) is 13.1 Å². The summed E-state index contributed by atoms with van der Waals surface area (Å²) < 4.78 is 5.80. The maximum atomic E-state index is 5.87. The van der Waals surface area contributed by atoms with Crippen molar-refractivity contribution in [1.82, 2.24) is 5.32 Å². The Hall–Kier alpha value is -0.560. The standard InChI is InChI=1S/C12H22N2O/c1-4-7-14-12(10-13)6-8-15-11(3,5-2)9-12/h1,14H,5-10,13H2,2-3H3. The minimum atomic E-state index is -0.0563. The zero-order valence-corrected chi connectivity index (χ0v) is 9.81. The Bertz CT molecular complexity index is 248. The Labute approximate surface area is 92.8 Å². The van der Waals surface area contributed by atoms with Gasteiger partial charge in [0.15, 0.2) is 0 Å². The molecule has 3 heteroatoms. The Morgan fingerprint density at radius 2 is 2.33 bits per heavy atom. The fraction of sp³-hybridized carbons (Fsp3) is 0.833. The molecule has 86 valence electrons. The van der Waals surface area contributed by atoms with Gasteiger partial charge in [0, 0.05) is 18.7 Å². The van der Waals surface area contributed by atoms with Crippen LogP contribution in [0.15, 0.2) is 0 Å². The maximum absolute atomic E-state index is 5.87. The van der Waals surface area contributed by atoms with Crippen LogP contribution in [-0.4, -0.2) is 30.8 Å². The number of ether oxygens (including phenoxy) is 1. The zero-order chi connectivity index (χ0) is 11.4. The third-order valence-corrected chi connectivity index (χ3v) is 3.45. The molecule has 1 fully saturated rings. The first kappa shape index (κ1) is 12.5. The molecule has 15 heavy (non-hydrogen) atoms. The van der Waals surface area contributed by atoms with E-state index in [2.05, 4.69) is 25.1 Å². The van der Waals surface area contributed by atoms with Gasteiger partial charge < -0.3 is 10.5 Å². The molecule has 3 nitrogen and oxygen atoms in total. The van der Waals surface area contributed by atoms with Crippen LogP contribution in [0.4, 0.5) is 0 Å². The number of nitrogens with two attached hydrogens (primary N) is 1. The van der Waals surface area contributed by atoms with E-state index in [1.165, 1.54) is 0 Å². The number of nitrogens with one attached hydrogen (secondary N) is 1. The number of hydrogen-bond acceptors (Lipinski definition) is 3. The van der Waals surface area contributed by atoms with Gasteiger partial charge in [0.1, 0.15) is 0 Å². The molecule has 0 spiro atoms. The largest absolute Gasteiger partial charge is 0.375 e. The molecule has 1 heterocycles. The van der Waals surface area contributed by atoms with E-state index in [9.17, 15) is 0 Å². The highest BCUT2D eigenvalue weighted by Crippen LogP contribution is 2.33. The summed E-state index contributed by atoms with van der Waals surface area (Å²) in [6.45, 7) is 6.26. The van der Waals surface area contributed by atoms with E-state index >= 15 is 0 Å². The fourth-order valence-electron chi connectivity index (χ4n) is 2.21. The number of rotatable bonds is 4. The Kier molecular flexibility index (Phi) is 4.15. The molecular weight excluding hydrogens is 188 g/mol. The smallest absolute Gasteiger partial charge is 0.0670 e. The molecule has 1 rings (SSSR count). The lowest BCUT2D eigenvalue weighted by atomic mass is 9.79. The SMILES string of the molecule is C#CCNC1(CN)CCOC(C)(CC)C1. The predicted octanol–water partition coefficient (Wildman–Crippen LogP) is 0.886. The van der Waals surface area contributed by atoms with Crippen LogP contribution in [0.1, 0.15) is 33.1 Å². The van der Waals surface area contributed by atoms with E-state index in [-0.39, 0.29) is 11.1 Å². The minimum absolute atomic E-state index is 0.0324. The summed E-state index contributed by atoms with van der Waals surface area (Å²) >= 11 is 0. The van der Waals surface area contributed by atoms with Crippen molar-refractivity contribution in [2.24, 2.45) is 5.73 Å². The molecule has 2 unspecified atom stereocenters. The number of hydrogen-bond donors (Lipinski definition) is 2. The Morgan fingerprint density at radius 3 is 2.87 bits per heavy atom. The normalized spacial score (nSPS) is 36.1. The summed E-state index contributed by atoms with van der Waals surface area (Å²) in [5.74, 6) is 2.61. The van der Waals surface area contributed by atoms with E-state index in [4.69, 9.17) is 16.9 Å². The topological polar surface area (TPSA) is 47.3 Å². The number of terminal acetylenes is 1. The van der Waals surface area contributed by atoms with E-state index in [1.807, 2.05) is 0 Å². The van der Waals surface area contributed by atoms with Crippen LogP contribution in [-0.2, 0) is 4.74 Å². The first-order valence-electron chi connectivity index (χ1n) is 5.62. The summed E-state index contributed by atoms with van der Waals surface area (Å²) in [7, 11) is 0. The minimum Gasteiger partial charge on any atom is -0.375 e. The molecule has 3 N–H and O–H groups in total. The van der Waals surface area contributed by atoms with Gasteiger partial charge in [-0.3, -0.25) is 5.32 Å². The van der Waals surface area contributed by atoms with Crippen LogP contribution in [0.5, 0.6) is 0 Å². The molecule has 0 amide bonds. The van der Waals surface area contributed by atoms with Gasteiger partial charge in [-0.1, -0.05) is 12.8 Å². The third kappa shape index (κ3) is 2.94. The second kappa shape index (κ2) is 4.98. The molecule has 2 atom stereocenters. The molecular formula is C12H22N2O. The highest BCUT2D eigenvalue weighted by atomic mass is 16.5. The second-order valence-electron chi connectivity index (χ2n) is 4.62. The van der Waals surface area contributed by atoms with Crippen molar-refractivity contribution in [2.45, 2.75) is 44.2 Å². The van der Waals surface area contributed by atoms with Crippen molar-refractivity contribution >= 4 is 0 Å². The molecule has 0 bridgehead atoms. The molecule has 1 aliphatic rings. The molecule has 0 aromatic carbocycles. The Balaban J connectivity index is 2.68.